The van der Waals surface area contributed by atoms with E-state index in [1.807, 2.05) is 0 Å². The average molecular weight is 616 g/mol. The first-order chi connectivity index (χ1) is 20.4. The van der Waals surface area contributed by atoms with E-state index in [1.54, 1.807) is 53.0 Å². The van der Waals surface area contributed by atoms with Crippen molar-refractivity contribution in [2.45, 2.75) is 110 Å². The Morgan fingerprint density at radius 2 is 1.73 bits per heavy atom. The number of likely N-dealkylation sites (tertiary alicyclic amines) is 1. The molecule has 0 bridgehead atoms. The molecule has 1 saturated heterocycles. The van der Waals surface area contributed by atoms with Crippen molar-refractivity contribution in [3.05, 3.63) is 44.7 Å². The molecule has 2 amide bonds. The average Bonchev–Trinajstić information content (AvgIpc) is 3.64. The molecule has 2 fully saturated rings. The van der Waals surface area contributed by atoms with Crippen molar-refractivity contribution in [2.24, 2.45) is 0 Å². The molecule has 1 aromatic carbocycles. The number of amides is 2. The fourth-order valence-corrected chi connectivity index (χ4v) is 5.47. The first-order valence-corrected chi connectivity index (χ1v) is 14.7. The van der Waals surface area contributed by atoms with Crippen LogP contribution in [0.1, 0.15) is 102 Å². The minimum absolute atomic E-state index is 0.0185. The van der Waals surface area contributed by atoms with Gasteiger partial charge in [0.2, 0.25) is 5.43 Å². The van der Waals surface area contributed by atoms with Gasteiger partial charge in [-0.1, -0.05) is 18.8 Å². The fourth-order valence-electron chi connectivity index (χ4n) is 5.47. The number of carboxylic acid groups (broad SMARTS) is 1. The number of carbonyl (C=O) groups is 3. The van der Waals surface area contributed by atoms with Crippen molar-refractivity contribution in [1.82, 2.24) is 14.8 Å². The van der Waals surface area contributed by atoms with Gasteiger partial charge in [0.15, 0.2) is 11.6 Å². The van der Waals surface area contributed by atoms with Crippen LogP contribution in [0, 0.1) is 23.5 Å². The number of carboxylic acids is 1. The van der Waals surface area contributed by atoms with E-state index in [-0.39, 0.29) is 47.6 Å². The first kappa shape index (κ1) is 32.8. The second kappa shape index (κ2) is 12.1. The quantitative estimate of drug-likeness (QED) is 0.424. The van der Waals surface area contributed by atoms with E-state index in [1.165, 1.54) is 4.90 Å². The van der Waals surface area contributed by atoms with Crippen LogP contribution in [0.5, 0.6) is 0 Å². The molecule has 1 aliphatic carbocycles. The van der Waals surface area contributed by atoms with Gasteiger partial charge < -0.3 is 29.4 Å². The van der Waals surface area contributed by atoms with E-state index >= 15 is 4.39 Å². The zero-order valence-corrected chi connectivity index (χ0v) is 26.1. The number of hydrogen-bond acceptors (Lipinski definition) is 6. The number of alkyl carbamates (subject to hydrolysis) is 1. The van der Waals surface area contributed by atoms with Crippen LogP contribution >= 0.6 is 0 Å². The molecule has 0 spiro atoms. The van der Waals surface area contributed by atoms with Crippen molar-refractivity contribution in [3.8, 4) is 11.8 Å². The molecule has 2 atom stereocenters. The predicted octanol–water partition coefficient (Wildman–Crippen LogP) is 5.52. The summed E-state index contributed by atoms with van der Waals surface area (Å²) in [7, 11) is 0. The van der Waals surface area contributed by atoms with Gasteiger partial charge in [-0.15, -0.1) is 0 Å². The van der Waals surface area contributed by atoms with Crippen LogP contribution in [0.2, 0.25) is 0 Å². The largest absolute Gasteiger partial charge is 0.477 e. The van der Waals surface area contributed by atoms with Crippen LogP contribution in [0.15, 0.2) is 10.9 Å². The maximum atomic E-state index is 15.4. The number of rotatable bonds is 5. The van der Waals surface area contributed by atoms with E-state index < -0.39 is 64.1 Å². The lowest BCUT2D eigenvalue weighted by Crippen LogP contribution is -2.43. The topological polar surface area (TPSA) is 127 Å². The van der Waals surface area contributed by atoms with Gasteiger partial charge in [0.1, 0.15) is 16.8 Å². The molecule has 238 valence electrons. The van der Waals surface area contributed by atoms with Gasteiger partial charge in [0.25, 0.3) is 0 Å². The summed E-state index contributed by atoms with van der Waals surface area (Å²) in [4.78, 5) is 52.2. The minimum atomic E-state index is -1.43. The van der Waals surface area contributed by atoms with E-state index in [0.29, 0.717) is 19.3 Å². The van der Waals surface area contributed by atoms with Crippen LogP contribution in [0.3, 0.4) is 0 Å². The van der Waals surface area contributed by atoms with Gasteiger partial charge in [-0.2, -0.15) is 0 Å². The third-order valence-corrected chi connectivity index (χ3v) is 7.26. The number of carbonyl (C=O) groups excluding carboxylic acids is 2. The molecule has 0 radical (unpaired) electrons. The maximum Gasteiger partial charge on any atom is 0.410 e. The number of nitrogens with zero attached hydrogens (tertiary/aromatic N) is 2. The van der Waals surface area contributed by atoms with E-state index in [0.717, 1.165) is 6.07 Å². The second-order valence-electron chi connectivity index (χ2n) is 13.2. The predicted molar refractivity (Wildman–Crippen MR) is 159 cm³/mol. The normalized spacial score (nSPS) is 18.5. The summed E-state index contributed by atoms with van der Waals surface area (Å²) in [6, 6.07) is -0.460. The van der Waals surface area contributed by atoms with Crippen molar-refractivity contribution in [1.29, 1.82) is 0 Å². The monoisotopic (exact) mass is 615 g/mol. The van der Waals surface area contributed by atoms with E-state index in [9.17, 15) is 28.7 Å². The summed E-state index contributed by atoms with van der Waals surface area (Å²) in [5.74, 6) is 1.57. The second-order valence-corrected chi connectivity index (χ2v) is 13.2. The lowest BCUT2D eigenvalue weighted by atomic mass is 10.0. The molecule has 10 nitrogen and oxygen atoms in total. The third kappa shape index (κ3) is 7.14. The molecule has 4 rings (SSSR count). The van der Waals surface area contributed by atoms with Crippen LogP contribution in [-0.2, 0) is 15.9 Å². The van der Waals surface area contributed by atoms with Crippen molar-refractivity contribution in [2.75, 3.05) is 6.54 Å². The Kier molecular flexibility index (Phi) is 9.01. The van der Waals surface area contributed by atoms with Gasteiger partial charge in [-0.25, -0.2) is 23.2 Å². The molecular weight excluding hydrogens is 576 g/mol. The Morgan fingerprint density at radius 3 is 2.27 bits per heavy atom. The highest BCUT2D eigenvalue weighted by Gasteiger charge is 2.38. The summed E-state index contributed by atoms with van der Waals surface area (Å²) >= 11 is 0. The summed E-state index contributed by atoms with van der Waals surface area (Å²) in [6.45, 7) is 12.2. The lowest BCUT2D eigenvalue weighted by molar-refractivity contribution is 0.0221. The standard InChI is InChI=1S/C32H39F2N3O7/c1-8-23-24(28(39)40)27(38)21-15-22(33)25(34)20(26(21)37(23)18-12-13-18)11-9-10-19-14-17(35-29(41)43-31(2,3)4)16-36(19)30(42)44-32(5,6)7/h15,17-19H,8,10,12-14,16H2,1-7H3,(H,35,41)(H,39,40)/t17-,19+/m1/s1. The summed E-state index contributed by atoms with van der Waals surface area (Å²) < 4.78 is 42.8. The summed E-state index contributed by atoms with van der Waals surface area (Å²) in [5, 5.41) is 12.3. The smallest absolute Gasteiger partial charge is 0.410 e. The van der Waals surface area contributed by atoms with Crippen LogP contribution in [-0.4, -0.2) is 62.6 Å². The van der Waals surface area contributed by atoms with Crippen LogP contribution in [0.4, 0.5) is 18.4 Å². The number of ether oxygens (including phenoxy) is 2. The molecule has 1 aromatic heterocycles. The van der Waals surface area contributed by atoms with Crippen LogP contribution < -0.4 is 10.7 Å². The fraction of sp³-hybridized carbons (Fsp3) is 0.562. The molecule has 2 N–H and O–H groups in total. The highest BCUT2D eigenvalue weighted by Crippen LogP contribution is 2.40. The summed E-state index contributed by atoms with van der Waals surface area (Å²) in [6.07, 6.45) is 0.630. The van der Waals surface area contributed by atoms with Gasteiger partial charge in [0.05, 0.1) is 22.5 Å². The molecular formula is C32H39F2N3O7. The Bertz CT molecular complexity index is 1620. The number of fused-ring (bicyclic) bond motifs is 1. The van der Waals surface area contributed by atoms with Crippen molar-refractivity contribution >= 4 is 29.1 Å². The number of aromatic nitrogens is 1. The van der Waals surface area contributed by atoms with Crippen molar-refractivity contribution < 1.29 is 37.7 Å². The maximum absolute atomic E-state index is 15.4. The van der Waals surface area contributed by atoms with Gasteiger partial charge in [0, 0.05) is 30.7 Å². The highest BCUT2D eigenvalue weighted by molar-refractivity contribution is 5.96. The SMILES string of the molecule is CCc1c(C(=O)O)c(=O)c2cc(F)c(F)c(C#CC[C@H]3C[C@@H](NC(=O)OC(C)(C)C)CN3C(=O)OC(C)(C)C)c2n1C1CC1. The molecule has 1 saturated carbocycles. The molecule has 2 aromatic rings. The number of halogens is 2. The molecule has 2 aliphatic rings. The summed E-state index contributed by atoms with van der Waals surface area (Å²) in [5.41, 5.74) is -2.92. The molecule has 2 heterocycles. The molecule has 1 aliphatic heterocycles. The van der Waals surface area contributed by atoms with Gasteiger partial charge in [-0.3, -0.25) is 4.79 Å². The zero-order valence-electron chi connectivity index (χ0n) is 26.1. The number of nitrogens with one attached hydrogen (secondary N) is 1. The first-order valence-electron chi connectivity index (χ1n) is 14.7. The minimum Gasteiger partial charge on any atom is -0.477 e. The number of hydrogen-bond donors (Lipinski definition) is 2. The Balaban J connectivity index is 1.74. The Hall–Kier alpha value is -4.14. The Morgan fingerprint density at radius 1 is 1.09 bits per heavy atom. The molecule has 0 unspecified atom stereocenters. The van der Waals surface area contributed by atoms with E-state index in [2.05, 4.69) is 17.2 Å². The molecule has 12 heteroatoms. The zero-order chi connectivity index (χ0) is 32.7. The lowest BCUT2D eigenvalue weighted by Gasteiger charge is -2.27. The third-order valence-electron chi connectivity index (χ3n) is 7.26. The van der Waals surface area contributed by atoms with Crippen LogP contribution in [0.25, 0.3) is 10.9 Å². The van der Waals surface area contributed by atoms with Crippen molar-refractivity contribution in [3.63, 3.8) is 0 Å². The number of aromatic carboxylic acids is 1. The highest BCUT2D eigenvalue weighted by atomic mass is 19.2. The number of benzene rings is 1. The number of pyridine rings is 1. The Labute approximate surface area is 254 Å². The molecule has 44 heavy (non-hydrogen) atoms. The van der Waals surface area contributed by atoms with E-state index in [4.69, 9.17) is 9.47 Å². The van der Waals surface area contributed by atoms with Gasteiger partial charge >= 0.3 is 18.2 Å². The van der Waals surface area contributed by atoms with Gasteiger partial charge in [-0.05, 0) is 73.3 Å².